The molecule has 2 amide bonds. The molecular weight excluding hydrogens is 280 g/mol. The fourth-order valence-corrected chi connectivity index (χ4v) is 2.71. The molecule has 1 saturated heterocycles. The second-order valence-electron chi connectivity index (χ2n) is 5.85. The molecule has 22 heavy (non-hydrogen) atoms. The molecule has 1 aromatic rings. The van der Waals surface area contributed by atoms with E-state index in [9.17, 15) is 9.59 Å². The van der Waals surface area contributed by atoms with E-state index in [0.29, 0.717) is 26.0 Å². The van der Waals surface area contributed by atoms with Crippen LogP contribution < -0.4 is 10.5 Å². The molecular formula is C17H24N2O3. The lowest BCUT2D eigenvalue weighted by Gasteiger charge is -2.31. The number of hydrogen-bond acceptors (Lipinski definition) is 3. The van der Waals surface area contributed by atoms with Gasteiger partial charge in [0, 0.05) is 19.5 Å². The molecule has 0 bridgehead atoms. The Morgan fingerprint density at radius 1 is 1.41 bits per heavy atom. The highest BCUT2D eigenvalue weighted by molar-refractivity contribution is 5.80. The lowest BCUT2D eigenvalue weighted by atomic mass is 9.97. The quantitative estimate of drug-likeness (QED) is 0.816. The van der Waals surface area contributed by atoms with Crippen LogP contribution in [0.4, 0.5) is 0 Å². The van der Waals surface area contributed by atoms with E-state index in [2.05, 4.69) is 0 Å². The first-order valence-corrected chi connectivity index (χ1v) is 7.83. The smallest absolute Gasteiger partial charge is 0.222 e. The number of nitrogens with zero attached hydrogens (tertiary/aromatic N) is 1. The van der Waals surface area contributed by atoms with E-state index in [1.54, 1.807) is 4.90 Å². The molecule has 2 N–H and O–H groups in total. The van der Waals surface area contributed by atoms with Crippen molar-refractivity contribution in [3.05, 3.63) is 29.8 Å². The number of nitrogens with two attached hydrogens (primary N) is 1. The number of benzene rings is 1. The predicted octanol–water partition coefficient (Wildman–Crippen LogP) is 1.88. The van der Waals surface area contributed by atoms with Gasteiger partial charge in [-0.1, -0.05) is 12.1 Å². The zero-order chi connectivity index (χ0) is 15.9. The normalized spacial score (nSPS) is 18.0. The number of amides is 2. The first-order chi connectivity index (χ1) is 10.6. The number of rotatable bonds is 6. The maximum absolute atomic E-state index is 12.1. The zero-order valence-corrected chi connectivity index (χ0v) is 13.1. The van der Waals surface area contributed by atoms with E-state index in [0.717, 1.165) is 30.7 Å². The zero-order valence-electron chi connectivity index (χ0n) is 13.1. The van der Waals surface area contributed by atoms with Crippen LogP contribution in [0, 0.1) is 12.8 Å². The highest BCUT2D eigenvalue weighted by atomic mass is 16.5. The minimum Gasteiger partial charge on any atom is -0.494 e. The minimum atomic E-state index is -0.305. The Morgan fingerprint density at radius 2 is 2.23 bits per heavy atom. The summed E-state index contributed by atoms with van der Waals surface area (Å²) in [6.07, 6.45) is 2.75. The predicted molar refractivity (Wildman–Crippen MR) is 84.4 cm³/mol. The van der Waals surface area contributed by atoms with Crippen molar-refractivity contribution < 1.29 is 14.3 Å². The summed E-state index contributed by atoms with van der Waals surface area (Å²) in [7, 11) is 0. The van der Waals surface area contributed by atoms with Crippen LogP contribution in [-0.2, 0) is 9.59 Å². The van der Waals surface area contributed by atoms with Gasteiger partial charge in [-0.05, 0) is 43.9 Å². The van der Waals surface area contributed by atoms with Gasteiger partial charge in [-0.25, -0.2) is 0 Å². The molecule has 1 atom stereocenters. The monoisotopic (exact) mass is 304 g/mol. The van der Waals surface area contributed by atoms with Crippen LogP contribution in [0.25, 0.3) is 0 Å². The maximum Gasteiger partial charge on any atom is 0.222 e. The van der Waals surface area contributed by atoms with Crippen molar-refractivity contribution in [2.75, 3.05) is 19.7 Å². The molecule has 5 heteroatoms. The summed E-state index contributed by atoms with van der Waals surface area (Å²) in [5.41, 5.74) is 6.48. The van der Waals surface area contributed by atoms with E-state index in [1.165, 1.54) is 0 Å². The Morgan fingerprint density at radius 3 is 2.95 bits per heavy atom. The van der Waals surface area contributed by atoms with Crippen LogP contribution in [0.15, 0.2) is 24.3 Å². The molecule has 0 spiro atoms. The third-order valence-corrected chi connectivity index (χ3v) is 3.97. The molecule has 0 radical (unpaired) electrons. The largest absolute Gasteiger partial charge is 0.494 e. The number of piperidine rings is 1. The summed E-state index contributed by atoms with van der Waals surface area (Å²) in [6.45, 7) is 3.72. The number of ether oxygens (including phenoxy) is 1. The summed E-state index contributed by atoms with van der Waals surface area (Å²) in [5, 5.41) is 0. The van der Waals surface area contributed by atoms with Crippen molar-refractivity contribution in [2.45, 2.75) is 32.6 Å². The highest BCUT2D eigenvalue weighted by Crippen LogP contribution is 2.17. The van der Waals surface area contributed by atoms with E-state index in [-0.39, 0.29) is 17.7 Å². The fraction of sp³-hybridized carbons (Fsp3) is 0.529. The Hall–Kier alpha value is -2.04. The maximum atomic E-state index is 12.1. The molecule has 1 aliphatic rings. The van der Waals surface area contributed by atoms with Gasteiger partial charge in [-0.3, -0.25) is 9.59 Å². The van der Waals surface area contributed by atoms with Gasteiger partial charge >= 0.3 is 0 Å². The topological polar surface area (TPSA) is 72.6 Å². The van der Waals surface area contributed by atoms with Gasteiger partial charge in [-0.15, -0.1) is 0 Å². The fourth-order valence-electron chi connectivity index (χ4n) is 2.71. The van der Waals surface area contributed by atoms with Crippen molar-refractivity contribution in [1.82, 2.24) is 4.90 Å². The number of primary amides is 1. The van der Waals surface area contributed by atoms with Gasteiger partial charge in [-0.2, -0.15) is 0 Å². The van der Waals surface area contributed by atoms with Crippen LogP contribution in [0.3, 0.4) is 0 Å². The number of aryl methyl sites for hydroxylation is 1. The summed E-state index contributed by atoms with van der Waals surface area (Å²) in [4.78, 5) is 25.1. The molecule has 0 aliphatic carbocycles. The Labute approximate surface area is 131 Å². The lowest BCUT2D eigenvalue weighted by Crippen LogP contribution is -2.44. The van der Waals surface area contributed by atoms with Crippen molar-refractivity contribution >= 4 is 11.8 Å². The molecule has 1 fully saturated rings. The first-order valence-electron chi connectivity index (χ1n) is 7.83. The second kappa shape index (κ2) is 7.82. The number of hydrogen-bond donors (Lipinski definition) is 1. The number of carbonyl (C=O) groups excluding carboxylic acids is 2. The van der Waals surface area contributed by atoms with Crippen molar-refractivity contribution in [3.63, 3.8) is 0 Å². The van der Waals surface area contributed by atoms with Gasteiger partial charge in [0.05, 0.1) is 12.5 Å². The average Bonchev–Trinajstić information content (AvgIpc) is 2.51. The highest BCUT2D eigenvalue weighted by Gasteiger charge is 2.26. The summed E-state index contributed by atoms with van der Waals surface area (Å²) in [5.74, 6) is 0.416. The third-order valence-electron chi connectivity index (χ3n) is 3.97. The molecule has 120 valence electrons. The van der Waals surface area contributed by atoms with E-state index >= 15 is 0 Å². The van der Waals surface area contributed by atoms with Gasteiger partial charge in [0.15, 0.2) is 0 Å². The summed E-state index contributed by atoms with van der Waals surface area (Å²) >= 11 is 0. The van der Waals surface area contributed by atoms with Crippen LogP contribution in [0.2, 0.25) is 0 Å². The molecule has 1 aromatic carbocycles. The Kier molecular flexibility index (Phi) is 5.81. The number of likely N-dealkylation sites (tertiary alicyclic amines) is 1. The SMILES string of the molecule is Cc1cccc(OCCCC(=O)N2CCCC(C(N)=O)C2)c1. The van der Waals surface area contributed by atoms with Crippen molar-refractivity contribution in [2.24, 2.45) is 11.7 Å². The molecule has 1 unspecified atom stereocenters. The van der Waals surface area contributed by atoms with Crippen LogP contribution in [0.1, 0.15) is 31.2 Å². The van der Waals surface area contributed by atoms with Gasteiger partial charge in [0.25, 0.3) is 0 Å². The molecule has 5 nitrogen and oxygen atoms in total. The minimum absolute atomic E-state index is 0.0822. The summed E-state index contributed by atoms with van der Waals surface area (Å²) < 4.78 is 5.64. The summed E-state index contributed by atoms with van der Waals surface area (Å²) in [6, 6.07) is 7.86. The van der Waals surface area contributed by atoms with E-state index in [1.807, 2.05) is 31.2 Å². The lowest BCUT2D eigenvalue weighted by molar-refractivity contribution is -0.135. The van der Waals surface area contributed by atoms with Gasteiger partial charge < -0.3 is 15.4 Å². The van der Waals surface area contributed by atoms with Crippen LogP contribution in [-0.4, -0.2) is 36.4 Å². The van der Waals surface area contributed by atoms with Crippen LogP contribution in [0.5, 0.6) is 5.75 Å². The standard InChI is InChI=1S/C17H24N2O3/c1-13-5-2-7-15(11-13)22-10-4-8-16(20)19-9-3-6-14(12-19)17(18)21/h2,5,7,11,14H,3-4,6,8-10,12H2,1H3,(H2,18,21). The molecule has 1 heterocycles. The van der Waals surface area contributed by atoms with Gasteiger partial charge in [0.2, 0.25) is 11.8 Å². The van der Waals surface area contributed by atoms with Crippen molar-refractivity contribution in [1.29, 1.82) is 0 Å². The molecule has 0 saturated carbocycles. The molecule has 1 aliphatic heterocycles. The Balaban J connectivity index is 1.70. The van der Waals surface area contributed by atoms with Gasteiger partial charge in [0.1, 0.15) is 5.75 Å². The van der Waals surface area contributed by atoms with E-state index in [4.69, 9.17) is 10.5 Å². The average molecular weight is 304 g/mol. The first kappa shape index (κ1) is 16.3. The van der Waals surface area contributed by atoms with E-state index < -0.39 is 0 Å². The Bertz CT molecular complexity index is 530. The molecule has 2 rings (SSSR count). The second-order valence-corrected chi connectivity index (χ2v) is 5.85. The van der Waals surface area contributed by atoms with Crippen molar-refractivity contribution in [3.8, 4) is 5.75 Å². The third kappa shape index (κ3) is 4.76. The van der Waals surface area contributed by atoms with Crippen LogP contribution >= 0.6 is 0 Å². The number of carbonyl (C=O) groups is 2. The molecule has 0 aromatic heterocycles.